The molecule has 0 aliphatic heterocycles. The van der Waals surface area contributed by atoms with Crippen molar-refractivity contribution in [3.63, 3.8) is 0 Å². The third-order valence-corrected chi connectivity index (χ3v) is 2.50. The molecule has 0 aliphatic rings. The summed E-state index contributed by atoms with van der Waals surface area (Å²) in [7, 11) is 3.26. The Labute approximate surface area is 120 Å². The predicted molar refractivity (Wildman–Crippen MR) is 80.6 cm³/mol. The van der Waals surface area contributed by atoms with Gasteiger partial charge in [-0.2, -0.15) is 15.0 Å². The second-order valence-electron chi connectivity index (χ2n) is 4.78. The molecule has 0 aromatic carbocycles. The smallest absolute Gasteiger partial charge is 0.256 e. The van der Waals surface area contributed by atoms with Crippen molar-refractivity contribution in [3.05, 3.63) is 0 Å². The van der Waals surface area contributed by atoms with E-state index in [2.05, 4.69) is 38.4 Å². The molecule has 1 rings (SSSR count). The number of hydroxylamine groups is 1. The van der Waals surface area contributed by atoms with E-state index in [-0.39, 0.29) is 0 Å². The minimum atomic E-state index is -0.549. The molecule has 0 saturated heterocycles. The van der Waals surface area contributed by atoms with E-state index in [1.54, 1.807) is 14.2 Å². The minimum absolute atomic E-state index is 0.399. The summed E-state index contributed by atoms with van der Waals surface area (Å²) in [6.07, 6.45) is 6.43. The van der Waals surface area contributed by atoms with Gasteiger partial charge in [-0.1, -0.05) is 12.8 Å². The van der Waals surface area contributed by atoms with E-state index in [0.717, 1.165) is 13.0 Å². The summed E-state index contributed by atoms with van der Waals surface area (Å²) in [4.78, 5) is 17.9. The van der Waals surface area contributed by atoms with Crippen LogP contribution in [-0.4, -0.2) is 41.2 Å². The van der Waals surface area contributed by atoms with Crippen molar-refractivity contribution in [3.8, 4) is 12.3 Å². The molecule has 20 heavy (non-hydrogen) atoms. The first-order valence-corrected chi connectivity index (χ1v) is 6.45. The second-order valence-corrected chi connectivity index (χ2v) is 4.78. The molecule has 0 bridgehead atoms. The number of nitrogens with one attached hydrogen (secondary N) is 2. The molecule has 1 aromatic rings. The molecular formula is C13H22N6O. The Bertz CT molecular complexity index is 482. The van der Waals surface area contributed by atoms with Crippen LogP contribution in [0, 0.1) is 12.3 Å². The van der Waals surface area contributed by atoms with E-state index in [9.17, 15) is 0 Å². The van der Waals surface area contributed by atoms with E-state index in [0.29, 0.717) is 17.8 Å². The first-order chi connectivity index (χ1) is 9.41. The van der Waals surface area contributed by atoms with Gasteiger partial charge < -0.3 is 10.6 Å². The molecule has 110 valence electrons. The van der Waals surface area contributed by atoms with Gasteiger partial charge in [0.25, 0.3) is 5.95 Å². The summed E-state index contributed by atoms with van der Waals surface area (Å²) >= 11 is 0. The van der Waals surface area contributed by atoms with E-state index >= 15 is 0 Å². The fourth-order valence-corrected chi connectivity index (χ4v) is 1.27. The highest BCUT2D eigenvalue weighted by Gasteiger charge is 2.17. The van der Waals surface area contributed by atoms with Crippen LogP contribution in [0.15, 0.2) is 0 Å². The highest BCUT2D eigenvalue weighted by atomic mass is 16.7. The predicted octanol–water partition coefficient (Wildman–Crippen LogP) is 1.51. The molecule has 2 N–H and O–H groups in total. The molecule has 0 fully saturated rings. The van der Waals surface area contributed by atoms with Crippen LogP contribution in [0.5, 0.6) is 0 Å². The molecule has 0 radical (unpaired) electrons. The van der Waals surface area contributed by atoms with Crippen LogP contribution in [0.1, 0.15) is 27.2 Å². The summed E-state index contributed by atoms with van der Waals surface area (Å²) in [5.74, 6) is 3.92. The summed E-state index contributed by atoms with van der Waals surface area (Å²) in [6, 6.07) is 0. The SMILES string of the molecule is C#CC(C)(C)Nc1nc(NCCC)nc(N(C)OC)n1. The molecule has 0 unspecified atom stereocenters. The topological polar surface area (TPSA) is 75.2 Å². The quantitative estimate of drug-likeness (QED) is 0.578. The van der Waals surface area contributed by atoms with Crippen molar-refractivity contribution in [2.24, 2.45) is 0 Å². The van der Waals surface area contributed by atoms with Crippen molar-refractivity contribution < 1.29 is 4.84 Å². The lowest BCUT2D eigenvalue weighted by molar-refractivity contribution is 0.180. The standard InChI is InChI=1S/C13H22N6O/c1-7-9-14-10-15-11(18-13(3,4)8-2)17-12(16-10)19(5)20-6/h2H,7,9H2,1,3-6H3,(H2,14,15,16,17,18). The van der Waals surface area contributed by atoms with Crippen LogP contribution in [-0.2, 0) is 4.84 Å². The van der Waals surface area contributed by atoms with Crippen LogP contribution < -0.4 is 15.7 Å². The number of anilines is 3. The summed E-state index contributed by atoms with van der Waals surface area (Å²) in [5, 5.41) is 7.66. The maximum absolute atomic E-state index is 5.46. The van der Waals surface area contributed by atoms with Gasteiger partial charge in [0.15, 0.2) is 0 Å². The molecule has 0 aliphatic carbocycles. The van der Waals surface area contributed by atoms with Gasteiger partial charge in [0.05, 0.1) is 12.6 Å². The molecule has 1 heterocycles. The number of aromatic nitrogens is 3. The van der Waals surface area contributed by atoms with Crippen molar-refractivity contribution in [2.75, 3.05) is 36.4 Å². The van der Waals surface area contributed by atoms with Crippen LogP contribution in [0.3, 0.4) is 0 Å². The van der Waals surface area contributed by atoms with Gasteiger partial charge in [0, 0.05) is 13.6 Å². The Morgan fingerprint density at radius 2 is 1.95 bits per heavy atom. The Morgan fingerprint density at radius 3 is 2.50 bits per heavy atom. The molecule has 1 aromatic heterocycles. The molecule has 0 saturated carbocycles. The first kappa shape index (κ1) is 16.0. The third-order valence-electron chi connectivity index (χ3n) is 2.50. The third kappa shape index (κ3) is 4.55. The lowest BCUT2D eigenvalue weighted by Crippen LogP contribution is -2.30. The van der Waals surface area contributed by atoms with Crippen molar-refractivity contribution in [1.29, 1.82) is 0 Å². The molecule has 0 spiro atoms. The summed E-state index contributed by atoms with van der Waals surface area (Å²) < 4.78 is 0. The normalized spacial score (nSPS) is 10.8. The van der Waals surface area contributed by atoms with Gasteiger partial charge in [-0.25, -0.2) is 5.06 Å². The average molecular weight is 278 g/mol. The Hall–Kier alpha value is -2.07. The van der Waals surface area contributed by atoms with E-state index in [4.69, 9.17) is 11.3 Å². The van der Waals surface area contributed by atoms with Crippen LogP contribution in [0.4, 0.5) is 17.8 Å². The highest BCUT2D eigenvalue weighted by Crippen LogP contribution is 2.16. The monoisotopic (exact) mass is 278 g/mol. The van der Waals surface area contributed by atoms with Gasteiger partial charge in [0.2, 0.25) is 11.9 Å². The van der Waals surface area contributed by atoms with Crippen LogP contribution in [0.25, 0.3) is 0 Å². The summed E-state index contributed by atoms with van der Waals surface area (Å²) in [5.41, 5.74) is -0.549. The zero-order valence-electron chi connectivity index (χ0n) is 12.7. The molecule has 7 heteroatoms. The largest absolute Gasteiger partial charge is 0.354 e. The number of rotatable bonds is 7. The molecule has 0 amide bonds. The first-order valence-electron chi connectivity index (χ1n) is 6.45. The van der Waals surface area contributed by atoms with Crippen LogP contribution >= 0.6 is 0 Å². The average Bonchev–Trinajstić information content (AvgIpc) is 2.43. The fourth-order valence-electron chi connectivity index (χ4n) is 1.27. The fraction of sp³-hybridized carbons (Fsp3) is 0.615. The van der Waals surface area contributed by atoms with Gasteiger partial charge in [-0.15, -0.1) is 6.42 Å². The number of hydrogen-bond donors (Lipinski definition) is 2. The van der Waals surface area contributed by atoms with E-state index < -0.39 is 5.54 Å². The van der Waals surface area contributed by atoms with Crippen molar-refractivity contribution in [1.82, 2.24) is 15.0 Å². The Kier molecular flexibility index (Phi) is 5.53. The van der Waals surface area contributed by atoms with Gasteiger partial charge >= 0.3 is 0 Å². The molecular weight excluding hydrogens is 256 g/mol. The number of hydrogen-bond acceptors (Lipinski definition) is 7. The van der Waals surface area contributed by atoms with Crippen molar-refractivity contribution in [2.45, 2.75) is 32.7 Å². The second kappa shape index (κ2) is 6.91. The Morgan fingerprint density at radius 1 is 1.30 bits per heavy atom. The van der Waals surface area contributed by atoms with Crippen molar-refractivity contribution >= 4 is 17.8 Å². The van der Waals surface area contributed by atoms with Gasteiger partial charge in [-0.05, 0) is 20.3 Å². The lowest BCUT2D eigenvalue weighted by atomic mass is 10.1. The minimum Gasteiger partial charge on any atom is -0.354 e. The zero-order chi connectivity index (χ0) is 15.2. The van der Waals surface area contributed by atoms with Gasteiger partial charge in [-0.3, -0.25) is 4.84 Å². The maximum atomic E-state index is 5.46. The maximum Gasteiger partial charge on any atom is 0.256 e. The van der Waals surface area contributed by atoms with Crippen LogP contribution in [0.2, 0.25) is 0 Å². The number of nitrogens with zero attached hydrogens (tertiary/aromatic N) is 4. The molecule has 7 nitrogen and oxygen atoms in total. The summed E-state index contributed by atoms with van der Waals surface area (Å²) in [6.45, 7) is 6.58. The molecule has 0 atom stereocenters. The number of terminal acetylenes is 1. The van der Waals surface area contributed by atoms with E-state index in [1.165, 1.54) is 5.06 Å². The Balaban J connectivity index is 3.06. The highest BCUT2D eigenvalue weighted by molar-refractivity contribution is 5.44. The van der Waals surface area contributed by atoms with Gasteiger partial charge in [0.1, 0.15) is 0 Å². The zero-order valence-corrected chi connectivity index (χ0v) is 12.7. The van der Waals surface area contributed by atoms with E-state index in [1.807, 2.05) is 13.8 Å². The lowest BCUT2D eigenvalue weighted by Gasteiger charge is -2.21.